The lowest BCUT2D eigenvalue weighted by Gasteiger charge is -2.04. The van der Waals surface area contributed by atoms with Gasteiger partial charge in [0.2, 0.25) is 0 Å². The third kappa shape index (κ3) is 2.34. The van der Waals surface area contributed by atoms with Crippen LogP contribution in [0.4, 0.5) is 0 Å². The molecule has 1 aromatic carbocycles. The average molecular weight is 380 g/mol. The van der Waals surface area contributed by atoms with Crippen LogP contribution in [0.2, 0.25) is 0 Å². The van der Waals surface area contributed by atoms with E-state index in [1.807, 2.05) is 23.0 Å². The van der Waals surface area contributed by atoms with Crippen molar-refractivity contribution in [2.45, 2.75) is 18.8 Å². The van der Waals surface area contributed by atoms with Crippen LogP contribution in [-0.4, -0.2) is 24.3 Å². The Kier molecular flexibility index (Phi) is 3.06. The number of fused-ring (bicyclic) bond motifs is 1. The van der Waals surface area contributed by atoms with Gasteiger partial charge in [-0.3, -0.25) is 4.40 Å². The Balaban J connectivity index is 1.51. The van der Waals surface area contributed by atoms with E-state index in [0.717, 1.165) is 38.6 Å². The van der Waals surface area contributed by atoms with Crippen LogP contribution in [-0.2, 0) is 0 Å². The van der Waals surface area contributed by atoms with E-state index in [1.54, 1.807) is 6.20 Å². The van der Waals surface area contributed by atoms with Crippen molar-refractivity contribution in [1.82, 2.24) is 24.3 Å². The van der Waals surface area contributed by atoms with Gasteiger partial charge in [0.25, 0.3) is 0 Å². The standard InChI is InChI=1S/C18H14BrN5/c19-16-10-24-15(8-21-17(24)9-20-16)12-3-1-11(2-4-12)14-7-22-18(23-14)13-5-6-13/h1-4,7-10,13H,5-6H2,(H,22,23). The number of aromatic amines is 1. The fraction of sp³-hybridized carbons (Fsp3) is 0.167. The molecule has 24 heavy (non-hydrogen) atoms. The molecular formula is C18H14BrN5. The van der Waals surface area contributed by atoms with Crippen LogP contribution in [0, 0.1) is 0 Å². The maximum absolute atomic E-state index is 4.50. The van der Waals surface area contributed by atoms with Crippen LogP contribution < -0.4 is 0 Å². The van der Waals surface area contributed by atoms with E-state index in [2.05, 4.69) is 60.1 Å². The monoisotopic (exact) mass is 379 g/mol. The Labute approximate surface area is 146 Å². The molecule has 1 fully saturated rings. The third-order valence-electron chi connectivity index (χ3n) is 4.42. The molecule has 0 atom stereocenters. The Bertz CT molecular complexity index is 1030. The molecule has 0 radical (unpaired) electrons. The van der Waals surface area contributed by atoms with Gasteiger partial charge in [0.15, 0.2) is 5.65 Å². The number of aromatic nitrogens is 5. The smallest absolute Gasteiger partial charge is 0.155 e. The number of hydrogen-bond donors (Lipinski definition) is 1. The van der Waals surface area contributed by atoms with Gasteiger partial charge in [-0.15, -0.1) is 0 Å². The van der Waals surface area contributed by atoms with Gasteiger partial charge in [-0.1, -0.05) is 24.3 Å². The van der Waals surface area contributed by atoms with Crippen molar-refractivity contribution in [2.24, 2.45) is 0 Å². The number of rotatable bonds is 3. The van der Waals surface area contributed by atoms with E-state index in [0.29, 0.717) is 5.92 Å². The molecule has 1 N–H and O–H groups in total. The zero-order valence-electron chi connectivity index (χ0n) is 12.8. The number of hydrogen-bond acceptors (Lipinski definition) is 3. The Morgan fingerprint density at radius 3 is 2.54 bits per heavy atom. The van der Waals surface area contributed by atoms with Crippen molar-refractivity contribution in [3.63, 3.8) is 0 Å². The second kappa shape index (κ2) is 5.27. The van der Waals surface area contributed by atoms with Crippen LogP contribution in [0.15, 0.2) is 53.7 Å². The van der Waals surface area contributed by atoms with Gasteiger partial charge in [0.1, 0.15) is 10.4 Å². The minimum absolute atomic E-state index is 0.642. The SMILES string of the molecule is Brc1cn2c(-c3ccc(-c4cnc(C5CC5)[nH]4)cc3)cnc2cn1. The van der Waals surface area contributed by atoms with Crippen LogP contribution in [0.25, 0.3) is 28.2 Å². The lowest BCUT2D eigenvalue weighted by atomic mass is 10.1. The summed E-state index contributed by atoms with van der Waals surface area (Å²) in [5.74, 6) is 1.76. The number of halogens is 1. The fourth-order valence-electron chi connectivity index (χ4n) is 2.95. The molecule has 0 spiro atoms. The highest BCUT2D eigenvalue weighted by molar-refractivity contribution is 9.10. The normalized spacial score (nSPS) is 14.4. The van der Waals surface area contributed by atoms with Gasteiger partial charge in [-0.05, 0) is 34.3 Å². The number of imidazole rings is 2. The predicted octanol–water partition coefficient (Wildman–Crippen LogP) is 4.43. The van der Waals surface area contributed by atoms with E-state index < -0.39 is 0 Å². The zero-order chi connectivity index (χ0) is 16.1. The van der Waals surface area contributed by atoms with Gasteiger partial charge in [-0.25, -0.2) is 15.0 Å². The maximum Gasteiger partial charge on any atom is 0.155 e. The van der Waals surface area contributed by atoms with E-state index >= 15 is 0 Å². The van der Waals surface area contributed by atoms with Crippen molar-refractivity contribution in [2.75, 3.05) is 0 Å². The van der Waals surface area contributed by atoms with E-state index in [4.69, 9.17) is 0 Å². The number of benzene rings is 1. The molecule has 4 aromatic rings. The average Bonchev–Trinajstić information content (AvgIpc) is 3.19. The first-order valence-corrected chi connectivity index (χ1v) is 8.71. The molecule has 3 aromatic heterocycles. The van der Waals surface area contributed by atoms with Crippen LogP contribution in [0.1, 0.15) is 24.6 Å². The Hall–Kier alpha value is -2.47. The summed E-state index contributed by atoms with van der Waals surface area (Å²) in [5.41, 5.74) is 5.22. The predicted molar refractivity (Wildman–Crippen MR) is 95.7 cm³/mol. The number of nitrogens with one attached hydrogen (secondary N) is 1. The van der Waals surface area contributed by atoms with Gasteiger partial charge in [0.05, 0.1) is 30.0 Å². The third-order valence-corrected chi connectivity index (χ3v) is 4.83. The molecule has 1 aliphatic carbocycles. The van der Waals surface area contributed by atoms with Crippen molar-refractivity contribution in [3.05, 3.63) is 59.5 Å². The molecule has 5 nitrogen and oxygen atoms in total. The van der Waals surface area contributed by atoms with Gasteiger partial charge >= 0.3 is 0 Å². The summed E-state index contributed by atoms with van der Waals surface area (Å²) in [4.78, 5) is 16.6. The summed E-state index contributed by atoms with van der Waals surface area (Å²) in [6.45, 7) is 0. The highest BCUT2D eigenvalue weighted by Crippen LogP contribution is 2.39. The molecule has 6 heteroatoms. The van der Waals surface area contributed by atoms with Crippen LogP contribution >= 0.6 is 15.9 Å². The van der Waals surface area contributed by atoms with Crippen molar-refractivity contribution in [1.29, 1.82) is 0 Å². The van der Waals surface area contributed by atoms with E-state index in [1.165, 1.54) is 12.8 Å². The highest BCUT2D eigenvalue weighted by Gasteiger charge is 2.26. The van der Waals surface area contributed by atoms with Crippen molar-refractivity contribution >= 4 is 21.6 Å². The summed E-state index contributed by atoms with van der Waals surface area (Å²) in [5, 5.41) is 0. The van der Waals surface area contributed by atoms with Gasteiger partial charge < -0.3 is 4.98 Å². The Morgan fingerprint density at radius 2 is 1.75 bits per heavy atom. The molecule has 118 valence electrons. The van der Waals surface area contributed by atoms with Gasteiger partial charge in [-0.2, -0.15) is 0 Å². The summed E-state index contributed by atoms with van der Waals surface area (Å²) in [7, 11) is 0. The first-order chi connectivity index (χ1) is 11.8. The quantitative estimate of drug-likeness (QED) is 0.572. The molecule has 1 aliphatic rings. The molecule has 0 amide bonds. The molecule has 5 rings (SSSR count). The van der Waals surface area contributed by atoms with Crippen LogP contribution in [0.3, 0.4) is 0 Å². The minimum Gasteiger partial charge on any atom is -0.342 e. The van der Waals surface area contributed by atoms with Crippen molar-refractivity contribution < 1.29 is 0 Å². The zero-order valence-corrected chi connectivity index (χ0v) is 14.4. The van der Waals surface area contributed by atoms with Crippen molar-refractivity contribution in [3.8, 4) is 22.5 Å². The first kappa shape index (κ1) is 13.9. The lowest BCUT2D eigenvalue weighted by Crippen LogP contribution is -1.90. The fourth-order valence-corrected chi connectivity index (χ4v) is 3.25. The number of nitrogens with zero attached hydrogens (tertiary/aromatic N) is 4. The molecule has 0 aliphatic heterocycles. The largest absolute Gasteiger partial charge is 0.342 e. The summed E-state index contributed by atoms with van der Waals surface area (Å²) >= 11 is 3.41. The molecular weight excluding hydrogens is 366 g/mol. The second-order valence-corrected chi connectivity index (χ2v) is 6.93. The van der Waals surface area contributed by atoms with E-state index in [9.17, 15) is 0 Å². The Morgan fingerprint density at radius 1 is 0.958 bits per heavy atom. The first-order valence-electron chi connectivity index (χ1n) is 7.92. The highest BCUT2D eigenvalue weighted by atomic mass is 79.9. The van der Waals surface area contributed by atoms with Gasteiger partial charge in [0, 0.05) is 17.7 Å². The molecule has 0 saturated heterocycles. The minimum atomic E-state index is 0.642. The van der Waals surface area contributed by atoms with Crippen LogP contribution in [0.5, 0.6) is 0 Å². The van der Waals surface area contributed by atoms with E-state index in [-0.39, 0.29) is 0 Å². The second-order valence-electron chi connectivity index (χ2n) is 6.12. The summed E-state index contributed by atoms with van der Waals surface area (Å²) in [6.07, 6.45) is 10.0. The summed E-state index contributed by atoms with van der Waals surface area (Å²) < 4.78 is 2.82. The maximum atomic E-state index is 4.50. The summed E-state index contributed by atoms with van der Waals surface area (Å²) in [6, 6.07) is 8.47. The lowest BCUT2D eigenvalue weighted by molar-refractivity contribution is 0.977. The number of H-pyrrole nitrogens is 1. The molecule has 1 saturated carbocycles. The topological polar surface area (TPSA) is 58.9 Å². The molecule has 0 unspecified atom stereocenters. The molecule has 3 heterocycles. The molecule has 0 bridgehead atoms.